The smallest absolute Gasteiger partial charge is 0.267 e. The van der Waals surface area contributed by atoms with Gasteiger partial charge in [-0.1, -0.05) is 11.6 Å². The van der Waals surface area contributed by atoms with Gasteiger partial charge in [0.15, 0.2) is 0 Å². The Bertz CT molecular complexity index is 1150. The van der Waals surface area contributed by atoms with E-state index in [2.05, 4.69) is 5.32 Å². The summed E-state index contributed by atoms with van der Waals surface area (Å²) in [6, 6.07) is 11.1. The van der Waals surface area contributed by atoms with E-state index >= 15 is 0 Å². The Morgan fingerprint density at radius 1 is 1.17 bits per heavy atom. The second-order valence-corrected chi connectivity index (χ2v) is 9.13. The molecule has 1 N–H and O–H groups in total. The van der Waals surface area contributed by atoms with Crippen LogP contribution in [0.25, 0.3) is 0 Å². The Balaban J connectivity index is 1.88. The minimum absolute atomic E-state index is 0.0194. The number of halogens is 2. The first-order valence-electron chi connectivity index (χ1n) is 8.21. The van der Waals surface area contributed by atoms with Gasteiger partial charge in [0.25, 0.3) is 15.9 Å². The van der Waals surface area contributed by atoms with E-state index in [0.717, 1.165) is 27.8 Å². The second kappa shape index (κ2) is 8.40. The number of hydrogen-bond acceptors (Lipinski definition) is 5. The number of ether oxygens (including phenoxy) is 1. The lowest BCUT2D eigenvalue weighted by atomic mass is 10.3. The molecule has 0 spiro atoms. The van der Waals surface area contributed by atoms with Crippen molar-refractivity contribution in [2.75, 3.05) is 23.8 Å². The molecule has 1 heterocycles. The molecular weight excluding hydrogens is 439 g/mol. The molecule has 6 nitrogen and oxygen atoms in total. The summed E-state index contributed by atoms with van der Waals surface area (Å²) in [5, 5.41) is 4.46. The molecule has 0 saturated heterocycles. The molecule has 29 heavy (non-hydrogen) atoms. The van der Waals surface area contributed by atoms with Gasteiger partial charge < -0.3 is 10.1 Å². The van der Waals surface area contributed by atoms with Crippen LogP contribution in [0.5, 0.6) is 5.75 Å². The maximum Gasteiger partial charge on any atom is 0.267 e. The minimum Gasteiger partial charge on any atom is -0.495 e. The Hall–Kier alpha value is -2.62. The molecule has 0 radical (unpaired) electrons. The number of amides is 1. The van der Waals surface area contributed by atoms with Gasteiger partial charge in [0, 0.05) is 12.7 Å². The summed E-state index contributed by atoms with van der Waals surface area (Å²) in [6.07, 6.45) is 0. The van der Waals surface area contributed by atoms with Crippen LogP contribution in [-0.2, 0) is 10.0 Å². The number of nitrogens with one attached hydrogen (secondary N) is 1. The average Bonchev–Trinajstić information content (AvgIpc) is 3.19. The first kappa shape index (κ1) is 21.1. The first-order chi connectivity index (χ1) is 13.7. The van der Waals surface area contributed by atoms with Crippen LogP contribution in [0.3, 0.4) is 0 Å². The summed E-state index contributed by atoms with van der Waals surface area (Å²) >= 11 is 7.05. The van der Waals surface area contributed by atoms with E-state index in [1.807, 2.05) is 0 Å². The Morgan fingerprint density at radius 3 is 2.48 bits per heavy atom. The maximum absolute atomic E-state index is 13.1. The van der Waals surface area contributed by atoms with Gasteiger partial charge in [-0.3, -0.25) is 9.10 Å². The average molecular weight is 455 g/mol. The summed E-state index contributed by atoms with van der Waals surface area (Å²) in [5.74, 6) is -0.620. The van der Waals surface area contributed by atoms with Crippen molar-refractivity contribution in [2.45, 2.75) is 4.90 Å². The number of anilines is 2. The van der Waals surface area contributed by atoms with Crippen molar-refractivity contribution in [1.82, 2.24) is 0 Å². The SMILES string of the molecule is COc1ccc(NC(=O)c2sccc2S(=O)(=O)N(C)c2ccc(F)cc2)cc1Cl. The van der Waals surface area contributed by atoms with Crippen molar-refractivity contribution in [3.63, 3.8) is 0 Å². The monoisotopic (exact) mass is 454 g/mol. The molecule has 3 rings (SSSR count). The number of sulfonamides is 1. The van der Waals surface area contributed by atoms with Crippen LogP contribution in [0.1, 0.15) is 9.67 Å². The topological polar surface area (TPSA) is 75.7 Å². The van der Waals surface area contributed by atoms with Gasteiger partial charge in [-0.2, -0.15) is 0 Å². The number of rotatable bonds is 6. The molecule has 0 aliphatic rings. The lowest BCUT2D eigenvalue weighted by molar-refractivity contribution is 0.102. The highest BCUT2D eigenvalue weighted by molar-refractivity contribution is 7.93. The molecule has 1 aromatic heterocycles. The zero-order chi connectivity index (χ0) is 21.2. The fraction of sp³-hybridized carbons (Fsp3) is 0.105. The third-order valence-electron chi connectivity index (χ3n) is 4.07. The van der Waals surface area contributed by atoms with Gasteiger partial charge in [0.2, 0.25) is 0 Å². The molecule has 10 heteroatoms. The van der Waals surface area contributed by atoms with Crippen molar-refractivity contribution in [3.05, 3.63) is 69.6 Å². The van der Waals surface area contributed by atoms with Crippen molar-refractivity contribution in [3.8, 4) is 5.75 Å². The number of carbonyl (C=O) groups excluding carboxylic acids is 1. The highest BCUT2D eigenvalue weighted by Gasteiger charge is 2.28. The molecule has 0 fully saturated rings. The molecule has 0 unspecified atom stereocenters. The standard InChI is InChI=1S/C19H16ClFN2O4S2/c1-23(14-6-3-12(21)4-7-14)29(25,26)17-9-10-28-18(17)19(24)22-13-5-8-16(27-2)15(20)11-13/h3-11H,1-2H3,(H,22,24). The van der Waals surface area contributed by atoms with Gasteiger partial charge >= 0.3 is 0 Å². The zero-order valence-corrected chi connectivity index (χ0v) is 17.7. The molecule has 0 saturated carbocycles. The van der Waals surface area contributed by atoms with E-state index < -0.39 is 21.7 Å². The van der Waals surface area contributed by atoms with Gasteiger partial charge in [-0.15, -0.1) is 11.3 Å². The number of methoxy groups -OCH3 is 1. The van der Waals surface area contributed by atoms with Crippen molar-refractivity contribution in [2.24, 2.45) is 0 Å². The Labute approximate surface area is 176 Å². The van der Waals surface area contributed by atoms with Gasteiger partial charge in [0.1, 0.15) is 21.3 Å². The van der Waals surface area contributed by atoms with E-state index in [4.69, 9.17) is 16.3 Å². The summed E-state index contributed by atoms with van der Waals surface area (Å²) in [5.41, 5.74) is 0.662. The Morgan fingerprint density at radius 2 is 1.86 bits per heavy atom. The highest BCUT2D eigenvalue weighted by atomic mass is 35.5. The van der Waals surface area contributed by atoms with Crippen molar-refractivity contribution in [1.29, 1.82) is 0 Å². The van der Waals surface area contributed by atoms with Crippen LogP contribution in [-0.4, -0.2) is 28.5 Å². The quantitative estimate of drug-likeness (QED) is 0.589. The predicted molar refractivity (Wildman–Crippen MR) is 112 cm³/mol. The molecule has 2 aromatic carbocycles. The van der Waals surface area contributed by atoms with Crippen LogP contribution in [0.15, 0.2) is 58.8 Å². The summed E-state index contributed by atoms with van der Waals surface area (Å²) in [4.78, 5) is 12.6. The van der Waals surface area contributed by atoms with Gasteiger partial charge in [-0.05, 0) is 53.9 Å². The van der Waals surface area contributed by atoms with Crippen LogP contribution >= 0.6 is 22.9 Å². The zero-order valence-electron chi connectivity index (χ0n) is 15.3. The molecular formula is C19H16ClFN2O4S2. The third-order valence-corrected chi connectivity index (χ3v) is 7.24. The van der Waals surface area contributed by atoms with E-state index in [9.17, 15) is 17.6 Å². The summed E-state index contributed by atoms with van der Waals surface area (Å²) < 4.78 is 45.2. The fourth-order valence-corrected chi connectivity index (χ4v) is 5.28. The first-order valence-corrected chi connectivity index (χ1v) is 10.9. The van der Waals surface area contributed by atoms with Crippen molar-refractivity contribution >= 4 is 50.2 Å². The largest absolute Gasteiger partial charge is 0.495 e. The van der Waals surface area contributed by atoms with E-state index in [1.165, 1.54) is 43.8 Å². The normalized spacial score (nSPS) is 11.2. The molecule has 1 amide bonds. The number of thiophene rings is 1. The molecule has 3 aromatic rings. The molecule has 0 aliphatic heterocycles. The number of hydrogen-bond donors (Lipinski definition) is 1. The summed E-state index contributed by atoms with van der Waals surface area (Å²) in [7, 11) is -1.22. The minimum atomic E-state index is -4.03. The Kier molecular flexibility index (Phi) is 6.11. The fourth-order valence-electron chi connectivity index (χ4n) is 2.54. The van der Waals surface area contributed by atoms with Crippen LogP contribution in [0.2, 0.25) is 5.02 Å². The van der Waals surface area contributed by atoms with Crippen LogP contribution in [0, 0.1) is 5.82 Å². The maximum atomic E-state index is 13.1. The van der Waals surface area contributed by atoms with Gasteiger partial charge in [-0.25, -0.2) is 12.8 Å². The van der Waals surface area contributed by atoms with E-state index in [0.29, 0.717) is 16.5 Å². The number of carbonyl (C=O) groups is 1. The lowest BCUT2D eigenvalue weighted by Crippen LogP contribution is -2.28. The highest BCUT2D eigenvalue weighted by Crippen LogP contribution is 2.30. The third kappa shape index (κ3) is 4.36. The molecule has 0 bridgehead atoms. The molecule has 0 aliphatic carbocycles. The molecule has 0 atom stereocenters. The van der Waals surface area contributed by atoms with Crippen LogP contribution in [0.4, 0.5) is 15.8 Å². The lowest BCUT2D eigenvalue weighted by Gasteiger charge is -2.19. The summed E-state index contributed by atoms with van der Waals surface area (Å²) in [6.45, 7) is 0. The second-order valence-electron chi connectivity index (χ2n) is 5.87. The van der Waals surface area contributed by atoms with Crippen molar-refractivity contribution < 1.29 is 22.3 Å². The molecule has 152 valence electrons. The predicted octanol–water partition coefficient (Wildman–Crippen LogP) is 4.63. The van der Waals surface area contributed by atoms with E-state index in [-0.39, 0.29) is 15.5 Å². The number of nitrogens with zero attached hydrogens (tertiary/aromatic N) is 1. The van der Waals surface area contributed by atoms with E-state index in [1.54, 1.807) is 12.1 Å². The van der Waals surface area contributed by atoms with Gasteiger partial charge in [0.05, 0.1) is 17.8 Å². The van der Waals surface area contributed by atoms with Crippen LogP contribution < -0.4 is 14.4 Å². The number of benzene rings is 2.